The van der Waals surface area contributed by atoms with Crippen molar-refractivity contribution < 1.29 is 9.84 Å². The van der Waals surface area contributed by atoms with E-state index in [4.69, 9.17) is 4.74 Å². The lowest BCUT2D eigenvalue weighted by molar-refractivity contribution is 0.190. The van der Waals surface area contributed by atoms with Crippen molar-refractivity contribution in [1.29, 1.82) is 0 Å². The third-order valence-corrected chi connectivity index (χ3v) is 4.13. The van der Waals surface area contributed by atoms with Gasteiger partial charge in [0.2, 0.25) is 0 Å². The van der Waals surface area contributed by atoms with E-state index in [2.05, 4.69) is 48.8 Å². The van der Waals surface area contributed by atoms with Crippen LogP contribution in [0.4, 0.5) is 0 Å². The van der Waals surface area contributed by atoms with Crippen molar-refractivity contribution in [2.45, 2.75) is 40.4 Å². The molecule has 0 amide bonds. The molecule has 0 radical (unpaired) electrons. The molecule has 1 unspecified atom stereocenters. The number of benzene rings is 2. The van der Waals surface area contributed by atoms with Gasteiger partial charge in [-0.3, -0.25) is 0 Å². The normalized spacial score (nSPS) is 12.3. The van der Waals surface area contributed by atoms with E-state index in [9.17, 15) is 5.11 Å². The molecule has 0 fully saturated rings. The van der Waals surface area contributed by atoms with Gasteiger partial charge in [-0.05, 0) is 56.5 Å². The molecule has 0 saturated carbocycles. The molecule has 2 aromatic carbocycles. The standard InChI is InChI=1S/C18H21BrO2/c1-11-7-12(2)17(13(3)8-11)10-21-18-9-15(19)5-6-16(18)14(4)20/h5-9,14,20H,10H2,1-4H3. The molecule has 1 N–H and O–H groups in total. The first-order chi connectivity index (χ1) is 9.88. The average molecular weight is 349 g/mol. The van der Waals surface area contributed by atoms with E-state index in [0.717, 1.165) is 15.8 Å². The van der Waals surface area contributed by atoms with Gasteiger partial charge in [-0.1, -0.05) is 39.7 Å². The number of aliphatic hydroxyl groups excluding tert-OH is 1. The maximum atomic E-state index is 9.84. The topological polar surface area (TPSA) is 29.5 Å². The number of ether oxygens (including phenoxy) is 1. The van der Waals surface area contributed by atoms with Gasteiger partial charge < -0.3 is 9.84 Å². The first-order valence-electron chi connectivity index (χ1n) is 7.05. The van der Waals surface area contributed by atoms with Crippen molar-refractivity contribution >= 4 is 15.9 Å². The highest BCUT2D eigenvalue weighted by molar-refractivity contribution is 9.10. The predicted molar refractivity (Wildman–Crippen MR) is 89.8 cm³/mol. The Bertz CT molecular complexity index is 625. The highest BCUT2D eigenvalue weighted by atomic mass is 79.9. The van der Waals surface area contributed by atoms with Gasteiger partial charge in [-0.15, -0.1) is 0 Å². The van der Waals surface area contributed by atoms with E-state index >= 15 is 0 Å². The second-order valence-corrected chi connectivity index (χ2v) is 6.44. The lowest BCUT2D eigenvalue weighted by atomic mass is 10.0. The van der Waals surface area contributed by atoms with E-state index in [-0.39, 0.29) is 0 Å². The van der Waals surface area contributed by atoms with Crippen molar-refractivity contribution in [3.05, 3.63) is 62.6 Å². The zero-order valence-corrected chi connectivity index (χ0v) is 14.5. The van der Waals surface area contributed by atoms with Crippen molar-refractivity contribution in [1.82, 2.24) is 0 Å². The molecule has 2 rings (SSSR count). The van der Waals surface area contributed by atoms with E-state index < -0.39 is 6.10 Å². The van der Waals surface area contributed by atoms with E-state index in [1.165, 1.54) is 22.3 Å². The summed E-state index contributed by atoms with van der Waals surface area (Å²) < 4.78 is 6.92. The van der Waals surface area contributed by atoms with Crippen LogP contribution >= 0.6 is 15.9 Å². The summed E-state index contributed by atoms with van der Waals surface area (Å²) in [5.74, 6) is 0.721. The molecule has 0 spiro atoms. The van der Waals surface area contributed by atoms with Crippen LogP contribution in [0.15, 0.2) is 34.8 Å². The van der Waals surface area contributed by atoms with Gasteiger partial charge in [0.15, 0.2) is 0 Å². The Balaban J connectivity index is 2.26. The van der Waals surface area contributed by atoms with E-state index in [1.807, 2.05) is 18.2 Å². The van der Waals surface area contributed by atoms with Gasteiger partial charge in [0.1, 0.15) is 12.4 Å². The zero-order chi connectivity index (χ0) is 15.6. The van der Waals surface area contributed by atoms with Crippen LogP contribution in [0, 0.1) is 20.8 Å². The average Bonchev–Trinajstić information content (AvgIpc) is 2.37. The summed E-state index contributed by atoms with van der Waals surface area (Å²) in [6.45, 7) is 8.57. The number of halogens is 1. The van der Waals surface area contributed by atoms with Gasteiger partial charge >= 0.3 is 0 Å². The summed E-state index contributed by atoms with van der Waals surface area (Å²) >= 11 is 3.45. The largest absolute Gasteiger partial charge is 0.488 e. The van der Waals surface area contributed by atoms with Gasteiger partial charge in [-0.25, -0.2) is 0 Å². The molecule has 1 atom stereocenters. The molecular formula is C18H21BrO2. The maximum Gasteiger partial charge on any atom is 0.126 e. The molecule has 0 aliphatic heterocycles. The summed E-state index contributed by atoms with van der Waals surface area (Å²) in [4.78, 5) is 0. The summed E-state index contributed by atoms with van der Waals surface area (Å²) in [7, 11) is 0. The molecule has 0 saturated heterocycles. The fourth-order valence-electron chi connectivity index (χ4n) is 2.57. The summed E-state index contributed by atoms with van der Waals surface area (Å²) in [5, 5.41) is 9.84. The summed E-state index contributed by atoms with van der Waals surface area (Å²) in [6, 6.07) is 10.0. The van der Waals surface area contributed by atoms with E-state index in [0.29, 0.717) is 6.61 Å². The number of aryl methyl sites for hydroxylation is 3. The molecule has 3 heteroatoms. The molecule has 2 nitrogen and oxygen atoms in total. The zero-order valence-electron chi connectivity index (χ0n) is 12.9. The van der Waals surface area contributed by atoms with Crippen molar-refractivity contribution in [3.8, 4) is 5.75 Å². The Morgan fingerprint density at radius 1 is 1.10 bits per heavy atom. The third-order valence-electron chi connectivity index (χ3n) is 3.64. The molecule has 0 bridgehead atoms. The van der Waals surface area contributed by atoms with Crippen molar-refractivity contribution in [3.63, 3.8) is 0 Å². The maximum absolute atomic E-state index is 9.84. The smallest absolute Gasteiger partial charge is 0.126 e. The highest BCUT2D eigenvalue weighted by Crippen LogP contribution is 2.30. The molecule has 0 aliphatic rings. The Labute approximate surface area is 134 Å². The quantitative estimate of drug-likeness (QED) is 0.841. The molecular weight excluding hydrogens is 328 g/mol. The van der Waals surface area contributed by atoms with E-state index in [1.54, 1.807) is 6.92 Å². The molecule has 0 aliphatic carbocycles. The van der Waals surface area contributed by atoms with Crippen LogP contribution in [0.25, 0.3) is 0 Å². The van der Waals surface area contributed by atoms with Gasteiger partial charge in [-0.2, -0.15) is 0 Å². The minimum absolute atomic E-state index is 0.508. The SMILES string of the molecule is Cc1cc(C)c(COc2cc(Br)ccc2C(C)O)c(C)c1. The fourth-order valence-corrected chi connectivity index (χ4v) is 2.91. The highest BCUT2D eigenvalue weighted by Gasteiger charge is 2.11. The second kappa shape index (κ2) is 6.63. The van der Waals surface area contributed by atoms with Crippen LogP contribution in [0.2, 0.25) is 0 Å². The Morgan fingerprint density at radius 3 is 2.29 bits per heavy atom. The fraction of sp³-hybridized carbons (Fsp3) is 0.333. The van der Waals surface area contributed by atoms with Crippen LogP contribution in [-0.4, -0.2) is 5.11 Å². The first-order valence-corrected chi connectivity index (χ1v) is 7.85. The summed E-state index contributed by atoms with van der Waals surface area (Å²) in [5.41, 5.74) is 5.75. The second-order valence-electron chi connectivity index (χ2n) is 5.52. The minimum Gasteiger partial charge on any atom is -0.488 e. The predicted octanol–water partition coefficient (Wildman–Crippen LogP) is 5.01. The Morgan fingerprint density at radius 2 is 1.71 bits per heavy atom. The number of aliphatic hydroxyl groups is 1. The molecule has 112 valence electrons. The van der Waals surface area contributed by atoms with Gasteiger partial charge in [0.25, 0.3) is 0 Å². The number of hydrogen-bond acceptors (Lipinski definition) is 2. The van der Waals surface area contributed by atoms with Gasteiger partial charge in [0, 0.05) is 10.0 Å². The summed E-state index contributed by atoms with van der Waals surface area (Å²) in [6.07, 6.45) is -0.548. The molecule has 2 aromatic rings. The van der Waals surface area contributed by atoms with Crippen LogP contribution < -0.4 is 4.74 Å². The van der Waals surface area contributed by atoms with Crippen LogP contribution in [0.5, 0.6) is 5.75 Å². The third kappa shape index (κ3) is 3.86. The first kappa shape index (κ1) is 16.1. The molecule has 0 heterocycles. The van der Waals surface area contributed by atoms with Crippen LogP contribution in [-0.2, 0) is 6.61 Å². The number of rotatable bonds is 4. The minimum atomic E-state index is -0.548. The Hall–Kier alpha value is -1.32. The van der Waals surface area contributed by atoms with Crippen LogP contribution in [0.3, 0.4) is 0 Å². The lowest BCUT2D eigenvalue weighted by Gasteiger charge is -2.16. The monoisotopic (exact) mass is 348 g/mol. The lowest BCUT2D eigenvalue weighted by Crippen LogP contribution is -2.04. The van der Waals surface area contributed by atoms with Crippen LogP contribution in [0.1, 0.15) is 40.8 Å². The van der Waals surface area contributed by atoms with Crippen molar-refractivity contribution in [2.24, 2.45) is 0 Å². The molecule has 21 heavy (non-hydrogen) atoms. The van der Waals surface area contributed by atoms with Gasteiger partial charge in [0.05, 0.1) is 6.10 Å². The van der Waals surface area contributed by atoms with Crippen molar-refractivity contribution in [2.75, 3.05) is 0 Å². The number of hydrogen-bond donors (Lipinski definition) is 1. The Kier molecular flexibility index (Phi) is 5.07. The molecule has 0 aromatic heterocycles.